The van der Waals surface area contributed by atoms with Crippen molar-refractivity contribution in [3.05, 3.63) is 77.1 Å². The van der Waals surface area contributed by atoms with Gasteiger partial charge in [0.25, 0.3) is 0 Å². The molecule has 0 N–H and O–H groups in total. The number of rotatable bonds is 4. The minimum atomic E-state index is -0.511. The van der Waals surface area contributed by atoms with Gasteiger partial charge >= 0.3 is 6.09 Å². The van der Waals surface area contributed by atoms with Gasteiger partial charge in [0.05, 0.1) is 11.6 Å². The summed E-state index contributed by atoms with van der Waals surface area (Å²) in [6.07, 6.45) is 5.77. The SMILES string of the molecule is O=Cc1ccc(C2=CC3CCCC(C2)N3C(=O)OCc2ccccc2)cc1F. The first-order chi connectivity index (χ1) is 13.7. The Hall–Kier alpha value is -2.95. The number of hydrogen-bond acceptors (Lipinski definition) is 3. The van der Waals surface area contributed by atoms with Crippen LogP contribution in [0.2, 0.25) is 0 Å². The molecular formula is C23H22FNO3. The van der Waals surface area contributed by atoms with E-state index in [4.69, 9.17) is 4.74 Å². The molecule has 0 aromatic heterocycles. The van der Waals surface area contributed by atoms with E-state index in [1.54, 1.807) is 6.07 Å². The Labute approximate surface area is 163 Å². The van der Waals surface area contributed by atoms with Crippen LogP contribution in [0.15, 0.2) is 54.6 Å². The summed E-state index contributed by atoms with van der Waals surface area (Å²) in [6, 6.07) is 14.3. The average Bonchev–Trinajstić information content (AvgIpc) is 2.71. The van der Waals surface area contributed by atoms with Crippen molar-refractivity contribution in [1.29, 1.82) is 0 Å². The number of piperidine rings is 1. The van der Waals surface area contributed by atoms with Crippen LogP contribution in [0.25, 0.3) is 5.57 Å². The molecule has 2 unspecified atom stereocenters. The maximum Gasteiger partial charge on any atom is 0.410 e. The highest BCUT2D eigenvalue weighted by molar-refractivity contribution is 5.78. The summed E-state index contributed by atoms with van der Waals surface area (Å²) in [7, 11) is 0. The molecule has 2 heterocycles. The number of nitrogens with zero attached hydrogens (tertiary/aromatic N) is 1. The van der Waals surface area contributed by atoms with Crippen molar-refractivity contribution < 1.29 is 18.7 Å². The van der Waals surface area contributed by atoms with E-state index in [0.717, 1.165) is 36.0 Å². The van der Waals surface area contributed by atoms with Gasteiger partial charge in [0.2, 0.25) is 0 Å². The molecule has 144 valence electrons. The van der Waals surface area contributed by atoms with Gasteiger partial charge in [0.15, 0.2) is 6.29 Å². The number of aldehydes is 1. The molecule has 2 bridgehead atoms. The van der Waals surface area contributed by atoms with Crippen LogP contribution < -0.4 is 0 Å². The third kappa shape index (κ3) is 3.70. The van der Waals surface area contributed by atoms with Gasteiger partial charge in [-0.25, -0.2) is 9.18 Å². The highest BCUT2D eigenvalue weighted by Crippen LogP contribution is 2.37. The van der Waals surface area contributed by atoms with Gasteiger partial charge in [-0.05, 0) is 54.5 Å². The maximum absolute atomic E-state index is 14.0. The van der Waals surface area contributed by atoms with Crippen molar-refractivity contribution in [2.24, 2.45) is 0 Å². The summed E-state index contributed by atoms with van der Waals surface area (Å²) in [5.41, 5.74) is 2.82. The largest absolute Gasteiger partial charge is 0.445 e. The lowest BCUT2D eigenvalue weighted by Crippen LogP contribution is -2.51. The molecule has 1 saturated heterocycles. The number of benzene rings is 2. The first-order valence-electron chi connectivity index (χ1n) is 9.60. The van der Waals surface area contributed by atoms with Crippen molar-refractivity contribution in [2.75, 3.05) is 0 Å². The van der Waals surface area contributed by atoms with Gasteiger partial charge in [-0.3, -0.25) is 9.69 Å². The molecular weight excluding hydrogens is 357 g/mol. The second-order valence-corrected chi connectivity index (χ2v) is 7.35. The standard InChI is InChI=1S/C23H22FNO3/c24-22-13-17(9-10-18(22)14-26)19-11-20-7-4-8-21(12-19)25(20)23(27)28-15-16-5-2-1-3-6-16/h1-3,5-6,9-11,13-14,20-21H,4,7-8,12,15H2. The average molecular weight is 379 g/mol. The van der Waals surface area contributed by atoms with Crippen LogP contribution in [0.4, 0.5) is 9.18 Å². The summed E-state index contributed by atoms with van der Waals surface area (Å²) in [6.45, 7) is 0.255. The fraction of sp³-hybridized carbons (Fsp3) is 0.304. The second kappa shape index (κ2) is 7.97. The van der Waals surface area contributed by atoms with Crippen LogP contribution in [0, 0.1) is 5.82 Å². The first kappa shape index (κ1) is 18.4. The van der Waals surface area contributed by atoms with E-state index in [0.29, 0.717) is 12.7 Å². The number of hydrogen-bond donors (Lipinski definition) is 0. The van der Waals surface area contributed by atoms with E-state index in [-0.39, 0.29) is 30.3 Å². The molecule has 1 fully saturated rings. The maximum atomic E-state index is 14.0. The smallest absolute Gasteiger partial charge is 0.410 e. The summed E-state index contributed by atoms with van der Waals surface area (Å²) in [5.74, 6) is -0.511. The summed E-state index contributed by atoms with van der Waals surface area (Å²) in [4.78, 5) is 25.4. The number of ether oxygens (including phenoxy) is 1. The molecule has 0 spiro atoms. The number of carbonyl (C=O) groups excluding carboxylic acids is 2. The molecule has 5 heteroatoms. The van der Waals surface area contributed by atoms with E-state index < -0.39 is 5.82 Å². The molecule has 2 aliphatic rings. The normalized spacial score (nSPS) is 21.0. The van der Waals surface area contributed by atoms with Crippen molar-refractivity contribution >= 4 is 18.0 Å². The number of amides is 1. The van der Waals surface area contributed by atoms with Crippen LogP contribution in [-0.2, 0) is 11.3 Å². The van der Waals surface area contributed by atoms with Crippen molar-refractivity contribution in [3.8, 4) is 0 Å². The van der Waals surface area contributed by atoms with E-state index in [2.05, 4.69) is 6.08 Å². The Morgan fingerprint density at radius 3 is 2.71 bits per heavy atom. The number of carbonyl (C=O) groups is 2. The van der Waals surface area contributed by atoms with Crippen molar-refractivity contribution in [2.45, 2.75) is 44.4 Å². The van der Waals surface area contributed by atoms with Crippen LogP contribution >= 0.6 is 0 Å². The topological polar surface area (TPSA) is 46.6 Å². The lowest BCUT2D eigenvalue weighted by atomic mass is 9.83. The lowest BCUT2D eigenvalue weighted by Gasteiger charge is -2.44. The minimum absolute atomic E-state index is 0.0421. The van der Waals surface area contributed by atoms with E-state index in [1.807, 2.05) is 35.2 Å². The van der Waals surface area contributed by atoms with E-state index >= 15 is 0 Å². The quantitative estimate of drug-likeness (QED) is 0.704. The zero-order chi connectivity index (χ0) is 19.5. The first-order valence-corrected chi connectivity index (χ1v) is 9.60. The van der Waals surface area contributed by atoms with Crippen LogP contribution in [-0.4, -0.2) is 29.4 Å². The van der Waals surface area contributed by atoms with Crippen molar-refractivity contribution in [3.63, 3.8) is 0 Å². The predicted octanol–water partition coefficient (Wildman–Crippen LogP) is 4.99. The zero-order valence-electron chi connectivity index (χ0n) is 15.5. The summed E-state index contributed by atoms with van der Waals surface area (Å²) >= 11 is 0. The third-order valence-corrected chi connectivity index (χ3v) is 5.55. The van der Waals surface area contributed by atoms with E-state index in [1.165, 1.54) is 12.1 Å². The fourth-order valence-electron chi connectivity index (χ4n) is 4.14. The Balaban J connectivity index is 1.51. The van der Waals surface area contributed by atoms with Gasteiger partial charge in [-0.1, -0.05) is 42.5 Å². The molecule has 2 atom stereocenters. The number of halogens is 1. The molecule has 2 aromatic carbocycles. The summed E-state index contributed by atoms with van der Waals surface area (Å²) in [5, 5.41) is 0. The van der Waals surface area contributed by atoms with Gasteiger partial charge < -0.3 is 4.74 Å². The highest BCUT2D eigenvalue weighted by atomic mass is 19.1. The van der Waals surface area contributed by atoms with Gasteiger partial charge in [-0.15, -0.1) is 0 Å². The van der Waals surface area contributed by atoms with Gasteiger partial charge in [-0.2, -0.15) is 0 Å². The molecule has 28 heavy (non-hydrogen) atoms. The Morgan fingerprint density at radius 1 is 1.18 bits per heavy atom. The zero-order valence-corrected chi connectivity index (χ0v) is 15.5. The fourth-order valence-corrected chi connectivity index (χ4v) is 4.14. The molecule has 4 rings (SSSR count). The van der Waals surface area contributed by atoms with Gasteiger partial charge in [0.1, 0.15) is 12.4 Å². The molecule has 0 radical (unpaired) electrons. The lowest BCUT2D eigenvalue weighted by molar-refractivity contribution is 0.0510. The second-order valence-electron chi connectivity index (χ2n) is 7.35. The molecule has 4 nitrogen and oxygen atoms in total. The highest BCUT2D eigenvalue weighted by Gasteiger charge is 2.38. The summed E-state index contributed by atoms with van der Waals surface area (Å²) < 4.78 is 19.6. The Bertz CT molecular complexity index is 909. The molecule has 2 aliphatic heterocycles. The molecule has 0 saturated carbocycles. The molecule has 1 amide bonds. The number of fused-ring (bicyclic) bond motifs is 2. The molecule has 0 aliphatic carbocycles. The van der Waals surface area contributed by atoms with Gasteiger partial charge in [0, 0.05) is 6.04 Å². The van der Waals surface area contributed by atoms with E-state index in [9.17, 15) is 14.0 Å². The molecule has 2 aromatic rings. The Kier molecular flexibility index (Phi) is 5.24. The Morgan fingerprint density at radius 2 is 2.00 bits per heavy atom. The third-order valence-electron chi connectivity index (χ3n) is 5.55. The minimum Gasteiger partial charge on any atom is -0.445 e. The predicted molar refractivity (Wildman–Crippen MR) is 104 cm³/mol. The van der Waals surface area contributed by atoms with Crippen LogP contribution in [0.3, 0.4) is 0 Å². The van der Waals surface area contributed by atoms with Crippen molar-refractivity contribution in [1.82, 2.24) is 4.90 Å². The monoisotopic (exact) mass is 379 g/mol. The van der Waals surface area contributed by atoms with Crippen LogP contribution in [0.5, 0.6) is 0 Å². The van der Waals surface area contributed by atoms with Crippen LogP contribution in [0.1, 0.15) is 47.2 Å².